The summed E-state index contributed by atoms with van der Waals surface area (Å²) in [6, 6.07) is 19.1. The minimum atomic E-state index is -0.298. The van der Waals surface area contributed by atoms with Crippen LogP contribution in [0.3, 0.4) is 0 Å². The molecule has 2 saturated heterocycles. The van der Waals surface area contributed by atoms with Crippen molar-refractivity contribution in [1.82, 2.24) is 19.4 Å². The third kappa shape index (κ3) is 5.21. The van der Waals surface area contributed by atoms with Gasteiger partial charge in [-0.05, 0) is 29.8 Å². The molecule has 0 bridgehead atoms. The number of aromatic nitrogens is 2. The number of aliphatic hydroxyl groups is 1. The van der Waals surface area contributed by atoms with Crippen LogP contribution in [0.2, 0.25) is 0 Å². The number of aryl methyl sites for hydroxylation is 1. The first-order chi connectivity index (χ1) is 16.2. The van der Waals surface area contributed by atoms with Crippen LogP contribution < -0.4 is 9.64 Å². The van der Waals surface area contributed by atoms with Gasteiger partial charge in [0.25, 0.3) is 0 Å². The molecule has 0 radical (unpaired) electrons. The Bertz CT molecular complexity index is 1010. The lowest BCUT2D eigenvalue weighted by Gasteiger charge is -2.39. The highest BCUT2D eigenvalue weighted by Crippen LogP contribution is 2.23. The average molecular weight is 448 g/mol. The summed E-state index contributed by atoms with van der Waals surface area (Å²) >= 11 is 0. The zero-order chi connectivity index (χ0) is 22.6. The van der Waals surface area contributed by atoms with Crippen LogP contribution in [0, 0.1) is 0 Å². The smallest absolute Gasteiger partial charge is 0.146 e. The van der Waals surface area contributed by atoms with Crippen LogP contribution >= 0.6 is 0 Å². The third-order valence-corrected chi connectivity index (χ3v) is 6.86. The number of benzene rings is 2. The topological polar surface area (TPSA) is 57.0 Å². The van der Waals surface area contributed by atoms with Gasteiger partial charge in [-0.3, -0.25) is 9.80 Å². The van der Waals surface area contributed by atoms with Gasteiger partial charge in [0.15, 0.2) is 0 Å². The Morgan fingerprint density at radius 3 is 2.42 bits per heavy atom. The molecule has 0 unspecified atom stereocenters. The average Bonchev–Trinajstić information content (AvgIpc) is 3.43. The zero-order valence-corrected chi connectivity index (χ0v) is 19.3. The second kappa shape index (κ2) is 9.95. The maximum atomic E-state index is 10.8. The normalized spacial score (nSPS) is 22.1. The van der Waals surface area contributed by atoms with Crippen LogP contribution in [-0.4, -0.2) is 75.9 Å². The Kier molecular flexibility index (Phi) is 6.62. The van der Waals surface area contributed by atoms with Crippen molar-refractivity contribution in [2.24, 2.45) is 7.05 Å². The monoisotopic (exact) mass is 447 g/mol. The number of rotatable bonds is 7. The largest absolute Gasteiger partial charge is 0.486 e. The molecule has 2 atom stereocenters. The van der Waals surface area contributed by atoms with Gasteiger partial charge in [0.2, 0.25) is 0 Å². The first kappa shape index (κ1) is 21.9. The van der Waals surface area contributed by atoms with Gasteiger partial charge in [0.1, 0.15) is 18.2 Å². The number of hydrogen-bond acceptors (Lipinski definition) is 6. The Hall–Kier alpha value is -2.87. The van der Waals surface area contributed by atoms with Crippen LogP contribution in [0.5, 0.6) is 5.75 Å². The summed E-state index contributed by atoms with van der Waals surface area (Å²) in [5, 5.41) is 10.8. The quantitative estimate of drug-likeness (QED) is 0.600. The summed E-state index contributed by atoms with van der Waals surface area (Å²) in [6.07, 6.45) is 3.40. The SMILES string of the molecule is Cn1ccnc1COc1ccc(CN2C[C@H](O)[C@@H](N3CCN(c4ccccc4)CC3)C2)cc1. The predicted octanol–water partition coefficient (Wildman–Crippen LogP) is 2.37. The molecule has 3 heterocycles. The van der Waals surface area contributed by atoms with E-state index in [0.717, 1.165) is 57.4 Å². The molecule has 0 aliphatic carbocycles. The van der Waals surface area contributed by atoms with Crippen LogP contribution in [0.4, 0.5) is 5.69 Å². The molecule has 1 aromatic heterocycles. The van der Waals surface area contributed by atoms with Crippen LogP contribution in [0.1, 0.15) is 11.4 Å². The molecule has 5 rings (SSSR count). The Morgan fingerprint density at radius 1 is 0.970 bits per heavy atom. The maximum absolute atomic E-state index is 10.8. The van der Waals surface area contributed by atoms with Crippen molar-refractivity contribution in [2.45, 2.75) is 25.3 Å². The number of hydrogen-bond donors (Lipinski definition) is 1. The number of para-hydroxylation sites is 1. The van der Waals surface area contributed by atoms with Crippen LogP contribution in [-0.2, 0) is 20.2 Å². The number of nitrogens with zero attached hydrogens (tertiary/aromatic N) is 5. The Morgan fingerprint density at radius 2 is 1.73 bits per heavy atom. The lowest BCUT2D eigenvalue weighted by atomic mass is 10.1. The van der Waals surface area contributed by atoms with Gasteiger partial charge in [-0.1, -0.05) is 30.3 Å². The van der Waals surface area contributed by atoms with E-state index < -0.39 is 0 Å². The van der Waals surface area contributed by atoms with Crippen molar-refractivity contribution < 1.29 is 9.84 Å². The summed E-state index contributed by atoms with van der Waals surface area (Å²) in [6.45, 7) is 6.93. The van der Waals surface area contributed by atoms with E-state index >= 15 is 0 Å². The van der Waals surface area contributed by atoms with Gasteiger partial charge in [0.05, 0.1) is 6.10 Å². The Labute approximate surface area is 195 Å². The van der Waals surface area contributed by atoms with Crippen LogP contribution in [0.15, 0.2) is 67.0 Å². The van der Waals surface area contributed by atoms with Crippen LogP contribution in [0.25, 0.3) is 0 Å². The standard InChI is InChI=1S/C26H33N5O2/c1-28-12-11-27-26(28)20-33-23-9-7-21(8-10-23)17-29-18-24(25(32)19-29)31-15-13-30(14-16-31)22-5-3-2-4-6-22/h2-12,24-25,32H,13-20H2,1H3/t24-,25-/m0/s1. The number of imidazole rings is 1. The molecule has 7 nitrogen and oxygen atoms in total. The fraction of sp³-hybridized carbons (Fsp3) is 0.423. The van der Waals surface area contributed by atoms with Gasteiger partial charge >= 0.3 is 0 Å². The molecule has 2 aliphatic rings. The lowest BCUT2D eigenvalue weighted by molar-refractivity contribution is 0.0791. The fourth-order valence-corrected chi connectivity index (χ4v) is 4.92. The number of anilines is 1. The van der Waals surface area contributed by atoms with Crippen molar-refractivity contribution in [3.63, 3.8) is 0 Å². The molecule has 0 spiro atoms. The van der Waals surface area contributed by atoms with E-state index in [4.69, 9.17) is 4.74 Å². The number of aliphatic hydroxyl groups excluding tert-OH is 1. The van der Waals surface area contributed by atoms with Crippen molar-refractivity contribution >= 4 is 5.69 Å². The fourth-order valence-electron chi connectivity index (χ4n) is 4.92. The highest BCUT2D eigenvalue weighted by molar-refractivity contribution is 5.46. The molecular weight excluding hydrogens is 414 g/mol. The van der Waals surface area contributed by atoms with E-state index in [1.165, 1.54) is 11.3 Å². The summed E-state index contributed by atoms with van der Waals surface area (Å²) in [5.74, 6) is 1.75. The highest BCUT2D eigenvalue weighted by Gasteiger charge is 2.36. The zero-order valence-electron chi connectivity index (χ0n) is 19.3. The molecule has 3 aromatic rings. The third-order valence-electron chi connectivity index (χ3n) is 6.86. The number of likely N-dealkylation sites (tertiary alicyclic amines) is 1. The van der Waals surface area contributed by atoms with Crippen molar-refractivity contribution in [3.8, 4) is 5.75 Å². The molecule has 174 valence electrons. The van der Waals surface area contributed by atoms with E-state index in [9.17, 15) is 5.11 Å². The second-order valence-electron chi connectivity index (χ2n) is 9.07. The van der Waals surface area contributed by atoms with Crippen molar-refractivity contribution in [1.29, 1.82) is 0 Å². The first-order valence-corrected chi connectivity index (χ1v) is 11.8. The van der Waals surface area contributed by atoms with Gasteiger partial charge in [-0.2, -0.15) is 0 Å². The molecule has 0 saturated carbocycles. The van der Waals surface area contributed by atoms with Gasteiger partial charge < -0.3 is 19.3 Å². The van der Waals surface area contributed by atoms with Gasteiger partial charge in [-0.15, -0.1) is 0 Å². The molecular formula is C26H33N5O2. The first-order valence-electron chi connectivity index (χ1n) is 11.8. The molecule has 0 amide bonds. The van der Waals surface area contributed by atoms with Crippen molar-refractivity contribution in [2.75, 3.05) is 44.2 Å². The molecule has 1 N–H and O–H groups in total. The van der Waals surface area contributed by atoms with E-state index in [0.29, 0.717) is 6.61 Å². The van der Waals surface area contributed by atoms with E-state index in [1.807, 2.05) is 29.9 Å². The van der Waals surface area contributed by atoms with E-state index in [-0.39, 0.29) is 12.1 Å². The van der Waals surface area contributed by atoms with E-state index in [2.05, 4.69) is 62.1 Å². The summed E-state index contributed by atoms with van der Waals surface area (Å²) < 4.78 is 7.83. The number of piperazine rings is 1. The summed E-state index contributed by atoms with van der Waals surface area (Å²) in [5.41, 5.74) is 2.53. The minimum Gasteiger partial charge on any atom is -0.486 e. The van der Waals surface area contributed by atoms with Gasteiger partial charge in [-0.25, -0.2) is 4.98 Å². The van der Waals surface area contributed by atoms with Crippen molar-refractivity contribution in [3.05, 3.63) is 78.4 Å². The molecule has 2 fully saturated rings. The summed E-state index contributed by atoms with van der Waals surface area (Å²) in [7, 11) is 1.97. The maximum Gasteiger partial charge on any atom is 0.146 e. The highest BCUT2D eigenvalue weighted by atomic mass is 16.5. The van der Waals surface area contributed by atoms with Gasteiger partial charge in [0, 0.05) is 77.0 Å². The Balaban J connectivity index is 1.10. The predicted molar refractivity (Wildman–Crippen MR) is 129 cm³/mol. The molecule has 33 heavy (non-hydrogen) atoms. The summed E-state index contributed by atoms with van der Waals surface area (Å²) in [4.78, 5) is 11.6. The molecule has 7 heteroatoms. The van der Waals surface area contributed by atoms with E-state index in [1.54, 1.807) is 6.20 Å². The molecule has 2 aliphatic heterocycles. The minimum absolute atomic E-state index is 0.211. The molecule has 2 aromatic carbocycles. The number of ether oxygens (including phenoxy) is 1. The number of β-amino-alcohol motifs (C(OH)–C–C–N with tert-alkyl or cyclic N) is 1. The second-order valence-corrected chi connectivity index (χ2v) is 9.07. The lowest BCUT2D eigenvalue weighted by Crippen LogP contribution is -2.53.